The number of carbonyl (C=O) groups is 1. The maximum absolute atomic E-state index is 12.7. The van der Waals surface area contributed by atoms with Crippen LogP contribution in [0.1, 0.15) is 27.0 Å². The number of ether oxygens (including phenoxy) is 6. The molecule has 0 saturated carbocycles. The van der Waals surface area contributed by atoms with E-state index in [1.54, 1.807) is 59.8 Å². The summed E-state index contributed by atoms with van der Waals surface area (Å²) < 4.78 is 32.5. The molecule has 3 rings (SSSR count). The summed E-state index contributed by atoms with van der Waals surface area (Å²) in [7, 11) is 9.41. The van der Waals surface area contributed by atoms with Gasteiger partial charge in [0.25, 0.3) is 0 Å². The minimum absolute atomic E-state index is 0.158. The van der Waals surface area contributed by atoms with Crippen molar-refractivity contribution < 1.29 is 33.2 Å². The molecule has 3 aromatic carbocycles. The molecule has 0 saturated heterocycles. The predicted octanol–water partition coefficient (Wildman–Crippen LogP) is 5.47. The number of hydrogen-bond donors (Lipinski definition) is 1. The van der Waals surface area contributed by atoms with Gasteiger partial charge in [0.1, 0.15) is 5.75 Å². The zero-order valence-corrected chi connectivity index (χ0v) is 22.5. The van der Waals surface area contributed by atoms with E-state index in [4.69, 9.17) is 34.2 Å². The van der Waals surface area contributed by atoms with Gasteiger partial charge in [-0.3, -0.25) is 4.79 Å². The Hall–Kier alpha value is -4.59. The van der Waals surface area contributed by atoms with Crippen LogP contribution >= 0.6 is 0 Å². The Morgan fingerprint density at radius 2 is 1.32 bits per heavy atom. The van der Waals surface area contributed by atoms with Gasteiger partial charge in [-0.1, -0.05) is 18.2 Å². The first-order valence-corrected chi connectivity index (χ1v) is 11.8. The van der Waals surface area contributed by atoms with E-state index < -0.39 is 0 Å². The van der Waals surface area contributed by atoms with Crippen LogP contribution in [0.25, 0.3) is 12.2 Å². The highest BCUT2D eigenvalue weighted by atomic mass is 16.5. The Morgan fingerprint density at radius 1 is 0.711 bits per heavy atom. The third-order valence-electron chi connectivity index (χ3n) is 5.91. The molecule has 0 unspecified atom stereocenters. The molecule has 8 heteroatoms. The molecule has 0 amide bonds. The van der Waals surface area contributed by atoms with Crippen molar-refractivity contribution >= 4 is 23.6 Å². The van der Waals surface area contributed by atoms with Crippen LogP contribution in [0.2, 0.25) is 0 Å². The lowest BCUT2D eigenvalue weighted by atomic mass is 10.0. The lowest BCUT2D eigenvalue weighted by molar-refractivity contribution is 0.104. The highest BCUT2D eigenvalue weighted by Crippen LogP contribution is 2.39. The second-order valence-corrected chi connectivity index (χ2v) is 8.13. The van der Waals surface area contributed by atoms with Crippen molar-refractivity contribution in [3.8, 4) is 34.5 Å². The fraction of sp³-hybridized carbons (Fsp3) is 0.233. The van der Waals surface area contributed by atoms with Gasteiger partial charge in [0, 0.05) is 5.56 Å². The van der Waals surface area contributed by atoms with Crippen LogP contribution in [0.15, 0.2) is 54.6 Å². The van der Waals surface area contributed by atoms with Crippen molar-refractivity contribution in [1.29, 1.82) is 0 Å². The Kier molecular flexibility index (Phi) is 9.65. The molecule has 0 heterocycles. The maximum atomic E-state index is 12.7. The molecule has 0 spiro atoms. The molecular formula is C30H33NO7. The Bertz CT molecular complexity index is 1320. The molecule has 200 valence electrons. The molecule has 0 fully saturated rings. The van der Waals surface area contributed by atoms with Gasteiger partial charge in [-0.15, -0.1) is 0 Å². The first-order chi connectivity index (χ1) is 18.4. The number of nitrogens with two attached hydrogens (primary N) is 1. The molecule has 3 aromatic rings. The summed E-state index contributed by atoms with van der Waals surface area (Å²) in [5, 5.41) is 0. The van der Waals surface area contributed by atoms with Gasteiger partial charge in [-0.25, -0.2) is 0 Å². The summed E-state index contributed by atoms with van der Waals surface area (Å²) >= 11 is 0. The Labute approximate surface area is 223 Å². The van der Waals surface area contributed by atoms with Gasteiger partial charge in [0.05, 0.1) is 48.3 Å². The first-order valence-electron chi connectivity index (χ1n) is 11.8. The van der Waals surface area contributed by atoms with Gasteiger partial charge >= 0.3 is 0 Å². The first kappa shape index (κ1) is 28.0. The highest BCUT2D eigenvalue weighted by molar-refractivity contribution is 6.05. The zero-order chi connectivity index (χ0) is 27.7. The molecule has 0 bridgehead atoms. The van der Waals surface area contributed by atoms with Crippen molar-refractivity contribution in [3.05, 3.63) is 76.9 Å². The molecule has 0 radical (unpaired) electrons. The van der Waals surface area contributed by atoms with E-state index in [-0.39, 0.29) is 5.78 Å². The van der Waals surface area contributed by atoms with Gasteiger partial charge in [0.15, 0.2) is 28.8 Å². The monoisotopic (exact) mass is 519 g/mol. The topological polar surface area (TPSA) is 98.5 Å². The van der Waals surface area contributed by atoms with Gasteiger partial charge in [-0.05, 0) is 71.7 Å². The summed E-state index contributed by atoms with van der Waals surface area (Å²) in [5.41, 5.74) is 9.51. The number of rotatable bonds is 12. The number of allylic oxidation sites excluding steroid dienone is 2. The lowest BCUT2D eigenvalue weighted by Crippen LogP contribution is -1.99. The van der Waals surface area contributed by atoms with Crippen molar-refractivity contribution in [3.63, 3.8) is 0 Å². The fourth-order valence-corrected chi connectivity index (χ4v) is 3.93. The Morgan fingerprint density at radius 3 is 1.87 bits per heavy atom. The maximum Gasteiger partial charge on any atom is 0.203 e. The van der Waals surface area contributed by atoms with Gasteiger partial charge in [-0.2, -0.15) is 0 Å². The molecular weight excluding hydrogens is 486 g/mol. The van der Waals surface area contributed by atoms with Crippen molar-refractivity contribution in [2.24, 2.45) is 0 Å². The van der Waals surface area contributed by atoms with Crippen LogP contribution in [0.5, 0.6) is 34.5 Å². The number of benzene rings is 3. The van der Waals surface area contributed by atoms with Gasteiger partial charge < -0.3 is 34.2 Å². The highest BCUT2D eigenvalue weighted by Gasteiger charge is 2.13. The number of carbonyl (C=O) groups excluding carboxylic acids is 1. The molecule has 0 atom stereocenters. The smallest absolute Gasteiger partial charge is 0.203 e. The average molecular weight is 520 g/mol. The summed E-state index contributed by atoms with van der Waals surface area (Å²) in [6.45, 7) is 0. The quantitative estimate of drug-likeness (QED) is 0.146. The van der Waals surface area contributed by atoms with Crippen LogP contribution in [0.4, 0.5) is 5.69 Å². The number of hydrogen-bond acceptors (Lipinski definition) is 8. The number of ketones is 1. The van der Waals surface area contributed by atoms with E-state index in [1.807, 2.05) is 36.4 Å². The van der Waals surface area contributed by atoms with E-state index in [2.05, 4.69) is 0 Å². The fourth-order valence-electron chi connectivity index (χ4n) is 3.93. The van der Waals surface area contributed by atoms with Crippen LogP contribution in [-0.2, 0) is 6.42 Å². The SMILES string of the molecule is COc1ccc(C(=O)/C=C\Cc2cc(OC)c(OC)cc2/C=C\c2cc(OC)c(OC)c(OC)c2)cc1N. The third kappa shape index (κ3) is 6.39. The molecule has 0 aromatic heterocycles. The molecule has 38 heavy (non-hydrogen) atoms. The lowest BCUT2D eigenvalue weighted by Gasteiger charge is -2.14. The third-order valence-corrected chi connectivity index (χ3v) is 5.91. The van der Waals surface area contributed by atoms with E-state index in [0.717, 1.165) is 16.7 Å². The van der Waals surface area contributed by atoms with E-state index in [0.29, 0.717) is 52.2 Å². The minimum atomic E-state index is -0.158. The number of methoxy groups -OCH3 is 6. The molecule has 0 aliphatic rings. The van der Waals surface area contributed by atoms with Crippen LogP contribution < -0.4 is 34.2 Å². The minimum Gasteiger partial charge on any atom is -0.495 e. The average Bonchev–Trinajstić information content (AvgIpc) is 2.95. The van der Waals surface area contributed by atoms with Crippen molar-refractivity contribution in [2.75, 3.05) is 48.4 Å². The molecule has 0 aliphatic heterocycles. The summed E-state index contributed by atoms with van der Waals surface area (Å²) in [4.78, 5) is 12.7. The van der Waals surface area contributed by atoms with Crippen LogP contribution in [0.3, 0.4) is 0 Å². The van der Waals surface area contributed by atoms with E-state index >= 15 is 0 Å². The second kappa shape index (κ2) is 13.1. The van der Waals surface area contributed by atoms with Gasteiger partial charge in [0.2, 0.25) is 5.75 Å². The van der Waals surface area contributed by atoms with Crippen molar-refractivity contribution in [1.82, 2.24) is 0 Å². The number of nitrogen functional groups attached to an aromatic ring is 1. The summed E-state index contributed by atoms with van der Waals surface area (Å²) in [6.07, 6.45) is 7.71. The second-order valence-electron chi connectivity index (χ2n) is 8.13. The van der Waals surface area contributed by atoms with E-state index in [9.17, 15) is 4.79 Å². The van der Waals surface area contributed by atoms with Crippen LogP contribution in [0, 0.1) is 0 Å². The molecule has 2 N–H and O–H groups in total. The molecule has 0 aliphatic carbocycles. The summed E-state index contributed by atoms with van der Waals surface area (Å²) in [5.74, 6) is 3.19. The van der Waals surface area contributed by atoms with Crippen molar-refractivity contribution in [2.45, 2.75) is 6.42 Å². The zero-order valence-electron chi connectivity index (χ0n) is 22.5. The largest absolute Gasteiger partial charge is 0.495 e. The molecule has 8 nitrogen and oxygen atoms in total. The standard InChI is InChI=1S/C30H33NO7/c1-33-25-13-12-22(16-23(25)31)24(32)9-7-8-20-17-26(34-2)27(35-3)18-21(20)11-10-19-14-28(36-4)30(38-6)29(15-19)37-5/h7,9-18H,8,31H2,1-6H3/b9-7-,11-10-. The summed E-state index contributed by atoms with van der Waals surface area (Å²) in [6, 6.07) is 12.5. The van der Waals surface area contributed by atoms with E-state index in [1.165, 1.54) is 13.2 Å². The van der Waals surface area contributed by atoms with Crippen LogP contribution in [-0.4, -0.2) is 48.4 Å². The normalized spacial score (nSPS) is 11.0. The Balaban J connectivity index is 1.92. The number of anilines is 1. The predicted molar refractivity (Wildman–Crippen MR) is 149 cm³/mol.